The minimum absolute atomic E-state index is 0.0118. The number of carbonyl (C=O) groups excluding carboxylic acids is 2. The van der Waals surface area contributed by atoms with Crippen LogP contribution in [0.15, 0.2) is 0 Å². The topological polar surface area (TPSA) is 58.6 Å². The molecule has 0 aromatic carbocycles. The van der Waals surface area contributed by atoms with Gasteiger partial charge in [0.1, 0.15) is 0 Å². The average Bonchev–Trinajstić information content (AvgIpc) is 2.64. The molecule has 5 nitrogen and oxygen atoms in total. The van der Waals surface area contributed by atoms with Gasteiger partial charge in [0.15, 0.2) is 0 Å². The van der Waals surface area contributed by atoms with E-state index in [1.165, 1.54) is 4.90 Å². The Morgan fingerprint density at radius 3 is 2.84 bits per heavy atom. The summed E-state index contributed by atoms with van der Waals surface area (Å²) in [6.45, 7) is 7.36. The Labute approximate surface area is 114 Å². The first-order valence-electron chi connectivity index (χ1n) is 7.18. The van der Waals surface area contributed by atoms with Gasteiger partial charge in [-0.3, -0.25) is 19.8 Å². The smallest absolute Gasteiger partial charge is 0.247 e. The molecule has 3 atom stereocenters. The SMILES string of the molecule is CCC(C)N1C(=O)CC(NC2(C)CCCOC2)C1=O. The molecule has 2 rings (SSSR count). The fourth-order valence-electron chi connectivity index (χ4n) is 2.88. The van der Waals surface area contributed by atoms with Crippen LogP contribution in [0.2, 0.25) is 0 Å². The number of hydrogen-bond donors (Lipinski definition) is 1. The van der Waals surface area contributed by atoms with Crippen molar-refractivity contribution < 1.29 is 14.3 Å². The Morgan fingerprint density at radius 1 is 1.53 bits per heavy atom. The molecular weight excluding hydrogens is 244 g/mol. The molecule has 0 aliphatic carbocycles. The van der Waals surface area contributed by atoms with Gasteiger partial charge in [0.2, 0.25) is 11.8 Å². The van der Waals surface area contributed by atoms with E-state index in [-0.39, 0.29) is 35.9 Å². The zero-order valence-electron chi connectivity index (χ0n) is 12.1. The van der Waals surface area contributed by atoms with Gasteiger partial charge in [0.05, 0.1) is 19.1 Å². The van der Waals surface area contributed by atoms with E-state index in [0.717, 1.165) is 25.9 Å². The number of nitrogens with one attached hydrogen (secondary N) is 1. The summed E-state index contributed by atoms with van der Waals surface area (Å²) in [5, 5.41) is 3.35. The molecule has 5 heteroatoms. The first kappa shape index (κ1) is 14.5. The van der Waals surface area contributed by atoms with E-state index >= 15 is 0 Å². The third-order valence-corrected chi connectivity index (χ3v) is 4.18. The Kier molecular flexibility index (Phi) is 4.26. The number of nitrogens with zero attached hydrogens (tertiary/aromatic N) is 1. The van der Waals surface area contributed by atoms with E-state index in [0.29, 0.717) is 6.61 Å². The third kappa shape index (κ3) is 2.98. The van der Waals surface area contributed by atoms with Gasteiger partial charge >= 0.3 is 0 Å². The predicted molar refractivity (Wildman–Crippen MR) is 71.6 cm³/mol. The molecule has 2 amide bonds. The van der Waals surface area contributed by atoms with Gasteiger partial charge in [0, 0.05) is 18.2 Å². The van der Waals surface area contributed by atoms with Crippen LogP contribution < -0.4 is 5.32 Å². The van der Waals surface area contributed by atoms with Gasteiger partial charge < -0.3 is 4.74 Å². The van der Waals surface area contributed by atoms with Crippen LogP contribution in [0.4, 0.5) is 0 Å². The molecule has 0 spiro atoms. The number of rotatable bonds is 4. The number of carbonyl (C=O) groups is 2. The number of imide groups is 1. The number of hydrogen-bond acceptors (Lipinski definition) is 4. The van der Waals surface area contributed by atoms with Crippen LogP contribution in [-0.4, -0.2) is 47.6 Å². The van der Waals surface area contributed by atoms with Crippen LogP contribution in [-0.2, 0) is 14.3 Å². The second-order valence-corrected chi connectivity index (χ2v) is 5.98. The van der Waals surface area contributed by atoms with E-state index < -0.39 is 0 Å². The Bertz CT molecular complexity index is 364. The van der Waals surface area contributed by atoms with Crippen molar-refractivity contribution in [1.29, 1.82) is 0 Å². The van der Waals surface area contributed by atoms with E-state index in [4.69, 9.17) is 4.74 Å². The summed E-state index contributed by atoms with van der Waals surface area (Å²) in [6, 6.07) is -0.393. The molecule has 1 N–H and O–H groups in total. The minimum Gasteiger partial charge on any atom is -0.380 e. The van der Waals surface area contributed by atoms with Gasteiger partial charge in [-0.25, -0.2) is 0 Å². The molecule has 108 valence electrons. The maximum Gasteiger partial charge on any atom is 0.247 e. The molecule has 2 fully saturated rings. The summed E-state index contributed by atoms with van der Waals surface area (Å²) in [4.78, 5) is 25.7. The standard InChI is InChI=1S/C14H24N2O3/c1-4-10(2)16-12(17)8-11(13(16)18)15-14(3)6-5-7-19-9-14/h10-11,15H,4-9H2,1-3H3. The van der Waals surface area contributed by atoms with Crippen molar-refractivity contribution in [1.82, 2.24) is 10.2 Å². The maximum absolute atomic E-state index is 12.3. The highest BCUT2D eigenvalue weighted by Gasteiger charge is 2.43. The van der Waals surface area contributed by atoms with Crippen LogP contribution in [0.3, 0.4) is 0 Å². The number of likely N-dealkylation sites (tertiary alicyclic amines) is 1. The fraction of sp³-hybridized carbons (Fsp3) is 0.857. The molecule has 2 heterocycles. The summed E-state index contributed by atoms with van der Waals surface area (Å²) in [6.07, 6.45) is 3.05. The second-order valence-electron chi connectivity index (χ2n) is 5.98. The van der Waals surface area contributed by atoms with E-state index in [2.05, 4.69) is 12.2 Å². The Morgan fingerprint density at radius 2 is 2.26 bits per heavy atom. The summed E-state index contributed by atoms with van der Waals surface area (Å²) in [7, 11) is 0. The maximum atomic E-state index is 12.3. The molecule has 0 aromatic heterocycles. The molecule has 0 bridgehead atoms. The normalized spacial score (nSPS) is 33.8. The molecule has 0 radical (unpaired) electrons. The van der Waals surface area contributed by atoms with E-state index in [1.54, 1.807) is 0 Å². The van der Waals surface area contributed by atoms with E-state index in [9.17, 15) is 9.59 Å². The van der Waals surface area contributed by atoms with Crippen molar-refractivity contribution in [3.05, 3.63) is 0 Å². The molecule has 2 aliphatic rings. The minimum atomic E-state index is -0.381. The lowest BCUT2D eigenvalue weighted by molar-refractivity contribution is -0.141. The van der Waals surface area contributed by atoms with Crippen molar-refractivity contribution >= 4 is 11.8 Å². The molecule has 0 saturated carbocycles. The average molecular weight is 268 g/mol. The highest BCUT2D eigenvalue weighted by atomic mass is 16.5. The van der Waals surface area contributed by atoms with Gasteiger partial charge in [-0.2, -0.15) is 0 Å². The van der Waals surface area contributed by atoms with Crippen molar-refractivity contribution in [3.63, 3.8) is 0 Å². The van der Waals surface area contributed by atoms with Crippen molar-refractivity contribution in [2.24, 2.45) is 0 Å². The van der Waals surface area contributed by atoms with Crippen molar-refractivity contribution in [2.45, 2.75) is 64.1 Å². The number of amides is 2. The third-order valence-electron chi connectivity index (χ3n) is 4.18. The number of ether oxygens (including phenoxy) is 1. The van der Waals surface area contributed by atoms with Crippen LogP contribution >= 0.6 is 0 Å². The Balaban J connectivity index is 2.02. The first-order valence-corrected chi connectivity index (χ1v) is 7.18. The lowest BCUT2D eigenvalue weighted by atomic mass is 9.93. The lowest BCUT2D eigenvalue weighted by Gasteiger charge is -2.36. The molecule has 0 aromatic rings. The van der Waals surface area contributed by atoms with Crippen LogP contribution in [0, 0.1) is 0 Å². The lowest BCUT2D eigenvalue weighted by Crippen LogP contribution is -2.55. The van der Waals surface area contributed by atoms with Gasteiger partial charge in [-0.05, 0) is 33.1 Å². The van der Waals surface area contributed by atoms with Crippen LogP contribution in [0.5, 0.6) is 0 Å². The largest absolute Gasteiger partial charge is 0.380 e. The van der Waals surface area contributed by atoms with Crippen LogP contribution in [0.1, 0.15) is 46.5 Å². The summed E-state index contributed by atoms with van der Waals surface area (Å²) in [5.74, 6) is -0.136. The summed E-state index contributed by atoms with van der Waals surface area (Å²) < 4.78 is 5.48. The summed E-state index contributed by atoms with van der Waals surface area (Å²) in [5.41, 5.74) is -0.190. The second kappa shape index (κ2) is 5.59. The molecular formula is C14H24N2O3. The highest BCUT2D eigenvalue weighted by Crippen LogP contribution is 2.24. The first-order chi connectivity index (χ1) is 8.97. The van der Waals surface area contributed by atoms with Crippen molar-refractivity contribution in [2.75, 3.05) is 13.2 Å². The van der Waals surface area contributed by atoms with Crippen molar-refractivity contribution in [3.8, 4) is 0 Å². The van der Waals surface area contributed by atoms with Gasteiger partial charge in [0.25, 0.3) is 0 Å². The molecule has 3 unspecified atom stereocenters. The zero-order chi connectivity index (χ0) is 14.0. The van der Waals surface area contributed by atoms with Crippen LogP contribution in [0.25, 0.3) is 0 Å². The quantitative estimate of drug-likeness (QED) is 0.775. The molecule has 2 aliphatic heterocycles. The summed E-state index contributed by atoms with van der Waals surface area (Å²) >= 11 is 0. The predicted octanol–water partition coefficient (Wildman–Crippen LogP) is 1.07. The molecule has 19 heavy (non-hydrogen) atoms. The van der Waals surface area contributed by atoms with Gasteiger partial charge in [-0.1, -0.05) is 6.92 Å². The fourth-order valence-corrected chi connectivity index (χ4v) is 2.88. The van der Waals surface area contributed by atoms with Gasteiger partial charge in [-0.15, -0.1) is 0 Å². The Hall–Kier alpha value is -0.940. The van der Waals surface area contributed by atoms with E-state index in [1.807, 2.05) is 13.8 Å². The zero-order valence-corrected chi connectivity index (χ0v) is 12.1. The molecule has 2 saturated heterocycles. The highest BCUT2D eigenvalue weighted by molar-refractivity contribution is 6.05. The monoisotopic (exact) mass is 268 g/mol.